The molecule has 6 nitrogen and oxygen atoms in total. The van der Waals surface area contributed by atoms with Crippen molar-refractivity contribution in [1.29, 1.82) is 0 Å². The summed E-state index contributed by atoms with van der Waals surface area (Å²) in [4.78, 5) is 4.43. The summed E-state index contributed by atoms with van der Waals surface area (Å²) in [7, 11) is 0. The number of nitrogens with zero attached hydrogens (tertiary/aromatic N) is 1. The predicted molar refractivity (Wildman–Crippen MR) is 114 cm³/mol. The average Bonchev–Trinajstić information content (AvgIpc) is 3.13. The largest absolute Gasteiger partial charge is 0.491 e. The second-order valence-corrected chi connectivity index (χ2v) is 5.99. The molecule has 2 rings (SSSR count). The van der Waals surface area contributed by atoms with Gasteiger partial charge in [-0.25, -0.2) is 4.99 Å². The third kappa shape index (κ3) is 6.87. The summed E-state index contributed by atoms with van der Waals surface area (Å²) >= 11 is 0. The van der Waals surface area contributed by atoms with E-state index in [-0.39, 0.29) is 30.5 Å². The molecule has 0 radical (unpaired) electrons. The van der Waals surface area contributed by atoms with Gasteiger partial charge in [0.15, 0.2) is 5.96 Å². The number of hydrogen-bond donors (Lipinski definition) is 3. The maximum Gasteiger partial charge on any atom is 0.191 e. The Hall–Kier alpha value is -1.74. The monoisotopic (exact) mass is 473 g/mol. The van der Waals surface area contributed by atoms with Gasteiger partial charge < -0.3 is 24.9 Å². The van der Waals surface area contributed by atoms with Gasteiger partial charge in [-0.3, -0.25) is 0 Å². The number of aryl methyl sites for hydroxylation is 1. The Morgan fingerprint density at radius 1 is 1.23 bits per heavy atom. The summed E-state index contributed by atoms with van der Waals surface area (Å²) in [5, 5.41) is 16.8. The average molecular weight is 473 g/mol. The Balaban J connectivity index is 0.00000338. The molecular weight excluding hydrogens is 445 g/mol. The molecule has 144 valence electrons. The fourth-order valence-corrected chi connectivity index (χ4v) is 2.29. The molecule has 2 aromatic rings. The molecule has 1 aromatic heterocycles. The lowest BCUT2D eigenvalue weighted by atomic mass is 10.0. The molecule has 0 fully saturated rings. The van der Waals surface area contributed by atoms with Crippen molar-refractivity contribution < 1.29 is 14.3 Å². The molecule has 26 heavy (non-hydrogen) atoms. The minimum Gasteiger partial charge on any atom is -0.491 e. The lowest BCUT2D eigenvalue weighted by Gasteiger charge is -2.19. The summed E-state index contributed by atoms with van der Waals surface area (Å²) < 4.78 is 11.0. The third-order valence-electron chi connectivity index (χ3n) is 3.69. The first-order valence-electron chi connectivity index (χ1n) is 8.50. The van der Waals surface area contributed by atoms with Crippen molar-refractivity contribution in [3.05, 3.63) is 54.0 Å². The molecule has 1 heterocycles. The SMILES string of the molecule is CCNC(=NCC(C)(O)c1ccco1)NCCOc1ccccc1C.I. The minimum atomic E-state index is -1.15. The number of nitrogens with one attached hydrogen (secondary N) is 2. The summed E-state index contributed by atoms with van der Waals surface area (Å²) in [6.45, 7) is 7.73. The van der Waals surface area contributed by atoms with Crippen molar-refractivity contribution in [3.63, 3.8) is 0 Å². The van der Waals surface area contributed by atoms with Gasteiger partial charge in [0.25, 0.3) is 0 Å². The van der Waals surface area contributed by atoms with Crippen molar-refractivity contribution in [2.24, 2.45) is 4.99 Å². The van der Waals surface area contributed by atoms with Crippen LogP contribution in [0.4, 0.5) is 0 Å². The standard InChI is InChI=1S/C19H27N3O3.HI/c1-4-20-18(22-14-19(3,23)17-10-7-12-25-17)21-11-13-24-16-9-6-5-8-15(16)2;/h5-10,12,23H,4,11,13-14H2,1-3H3,(H2,20,21,22);1H. The van der Waals surface area contributed by atoms with Crippen LogP contribution in [0.15, 0.2) is 52.1 Å². The van der Waals surface area contributed by atoms with E-state index in [1.165, 1.54) is 0 Å². The first kappa shape index (κ1) is 22.3. The quantitative estimate of drug-likeness (QED) is 0.238. The first-order chi connectivity index (χ1) is 12.0. The van der Waals surface area contributed by atoms with Crippen molar-refractivity contribution in [3.8, 4) is 5.75 Å². The van der Waals surface area contributed by atoms with Crippen LogP contribution < -0.4 is 15.4 Å². The molecule has 1 atom stereocenters. The number of aliphatic imine (C=N–C) groups is 1. The van der Waals surface area contributed by atoms with Crippen LogP contribution in [-0.2, 0) is 5.60 Å². The van der Waals surface area contributed by atoms with Gasteiger partial charge in [0.05, 0.1) is 19.4 Å². The smallest absolute Gasteiger partial charge is 0.191 e. The van der Waals surface area contributed by atoms with E-state index in [9.17, 15) is 5.11 Å². The second kappa shape index (κ2) is 11.1. The number of furan rings is 1. The summed E-state index contributed by atoms with van der Waals surface area (Å²) in [5.41, 5.74) is -0.0404. The number of guanidine groups is 1. The summed E-state index contributed by atoms with van der Waals surface area (Å²) in [6.07, 6.45) is 1.54. The molecule has 1 unspecified atom stereocenters. The highest BCUT2D eigenvalue weighted by Gasteiger charge is 2.26. The number of halogens is 1. The Labute approximate surface area is 172 Å². The van der Waals surface area contributed by atoms with Crippen molar-refractivity contribution >= 4 is 29.9 Å². The van der Waals surface area contributed by atoms with Gasteiger partial charge in [0, 0.05) is 6.54 Å². The fourth-order valence-electron chi connectivity index (χ4n) is 2.29. The minimum absolute atomic E-state index is 0. The molecule has 1 aromatic carbocycles. The van der Waals surface area contributed by atoms with Crippen LogP contribution >= 0.6 is 24.0 Å². The molecule has 0 saturated heterocycles. The molecule has 0 amide bonds. The normalized spacial score (nSPS) is 13.5. The number of para-hydroxylation sites is 1. The lowest BCUT2D eigenvalue weighted by molar-refractivity contribution is 0.0437. The summed E-state index contributed by atoms with van der Waals surface area (Å²) in [5.74, 6) is 2.00. The van der Waals surface area contributed by atoms with Gasteiger partial charge in [-0.15, -0.1) is 24.0 Å². The van der Waals surface area contributed by atoms with E-state index in [0.29, 0.717) is 24.9 Å². The zero-order chi connectivity index (χ0) is 18.1. The molecule has 0 aliphatic rings. The van der Waals surface area contributed by atoms with Crippen molar-refractivity contribution in [1.82, 2.24) is 10.6 Å². The van der Waals surface area contributed by atoms with Crippen LogP contribution in [0, 0.1) is 6.92 Å². The Kier molecular flexibility index (Phi) is 9.50. The van der Waals surface area contributed by atoms with Gasteiger partial charge in [0.1, 0.15) is 23.7 Å². The summed E-state index contributed by atoms with van der Waals surface area (Å²) in [6, 6.07) is 11.4. The maximum absolute atomic E-state index is 10.5. The fraction of sp³-hybridized carbons (Fsp3) is 0.421. The Morgan fingerprint density at radius 2 is 2.00 bits per heavy atom. The Morgan fingerprint density at radius 3 is 2.65 bits per heavy atom. The van der Waals surface area contributed by atoms with Crippen LogP contribution in [0.1, 0.15) is 25.2 Å². The molecule has 0 aliphatic carbocycles. The highest BCUT2D eigenvalue weighted by molar-refractivity contribution is 14.0. The van der Waals surface area contributed by atoms with Crippen LogP contribution in [0.3, 0.4) is 0 Å². The van der Waals surface area contributed by atoms with Crippen LogP contribution in [0.25, 0.3) is 0 Å². The second-order valence-electron chi connectivity index (χ2n) is 5.99. The van der Waals surface area contributed by atoms with Crippen molar-refractivity contribution in [2.45, 2.75) is 26.4 Å². The van der Waals surface area contributed by atoms with Crippen LogP contribution in [0.2, 0.25) is 0 Å². The van der Waals surface area contributed by atoms with Crippen LogP contribution in [0.5, 0.6) is 5.75 Å². The predicted octanol–water partition coefficient (Wildman–Crippen LogP) is 3.05. The van der Waals surface area contributed by atoms with E-state index in [1.807, 2.05) is 38.1 Å². The lowest BCUT2D eigenvalue weighted by Crippen LogP contribution is -2.40. The van der Waals surface area contributed by atoms with Gasteiger partial charge in [0.2, 0.25) is 0 Å². The van der Waals surface area contributed by atoms with E-state index >= 15 is 0 Å². The van der Waals surface area contributed by atoms with Gasteiger partial charge >= 0.3 is 0 Å². The molecule has 0 saturated carbocycles. The molecule has 3 N–H and O–H groups in total. The topological polar surface area (TPSA) is 79.0 Å². The first-order valence-corrected chi connectivity index (χ1v) is 8.50. The molecular formula is C19H28IN3O3. The number of rotatable bonds is 8. The zero-order valence-electron chi connectivity index (χ0n) is 15.5. The number of benzene rings is 1. The van der Waals surface area contributed by atoms with Gasteiger partial charge in [-0.05, 0) is 44.5 Å². The number of hydrogen-bond acceptors (Lipinski definition) is 4. The van der Waals surface area contributed by atoms with E-state index < -0.39 is 5.60 Å². The Bertz CT molecular complexity index is 672. The molecule has 0 spiro atoms. The number of ether oxygens (including phenoxy) is 1. The van der Waals surface area contributed by atoms with E-state index in [1.54, 1.807) is 25.3 Å². The van der Waals surface area contributed by atoms with E-state index in [0.717, 1.165) is 17.9 Å². The van der Waals surface area contributed by atoms with E-state index in [2.05, 4.69) is 15.6 Å². The molecule has 0 aliphatic heterocycles. The zero-order valence-corrected chi connectivity index (χ0v) is 17.8. The van der Waals surface area contributed by atoms with E-state index in [4.69, 9.17) is 9.15 Å². The maximum atomic E-state index is 10.5. The molecule has 0 bridgehead atoms. The number of aliphatic hydroxyl groups is 1. The van der Waals surface area contributed by atoms with Crippen molar-refractivity contribution in [2.75, 3.05) is 26.2 Å². The van der Waals surface area contributed by atoms with Crippen LogP contribution in [-0.4, -0.2) is 37.3 Å². The molecule has 7 heteroatoms. The highest BCUT2D eigenvalue weighted by atomic mass is 127. The van der Waals surface area contributed by atoms with Gasteiger partial charge in [-0.2, -0.15) is 0 Å². The van der Waals surface area contributed by atoms with Gasteiger partial charge in [-0.1, -0.05) is 18.2 Å². The third-order valence-corrected chi connectivity index (χ3v) is 3.69. The highest BCUT2D eigenvalue weighted by Crippen LogP contribution is 2.21.